The summed E-state index contributed by atoms with van der Waals surface area (Å²) in [6, 6.07) is 16.5. The van der Waals surface area contributed by atoms with E-state index >= 15 is 0 Å². The van der Waals surface area contributed by atoms with Crippen LogP contribution in [0, 0.1) is 0 Å². The number of aromatic nitrogens is 1. The maximum Gasteiger partial charge on any atom is 0.258 e. The molecule has 3 heterocycles. The van der Waals surface area contributed by atoms with Gasteiger partial charge in [-0.05, 0) is 61.0 Å². The van der Waals surface area contributed by atoms with E-state index in [2.05, 4.69) is 54.0 Å². The molecule has 0 saturated carbocycles. The molecule has 33 heavy (non-hydrogen) atoms. The van der Waals surface area contributed by atoms with Gasteiger partial charge in [-0.2, -0.15) is 0 Å². The lowest BCUT2D eigenvalue weighted by Gasteiger charge is -2.37. The second kappa shape index (κ2) is 9.29. The van der Waals surface area contributed by atoms with E-state index in [0.29, 0.717) is 18.5 Å². The normalized spacial score (nSPS) is 22.3. The number of aliphatic hydroxyl groups excluding tert-OH is 1. The summed E-state index contributed by atoms with van der Waals surface area (Å²) in [4.78, 5) is 17.7. The Hall–Kier alpha value is -2.67. The van der Waals surface area contributed by atoms with Crippen LogP contribution in [-0.4, -0.2) is 59.1 Å². The average molecular weight is 448 g/mol. The van der Waals surface area contributed by atoms with Gasteiger partial charge in [0.25, 0.3) is 5.56 Å². The van der Waals surface area contributed by atoms with Gasteiger partial charge in [0.05, 0.1) is 24.9 Å². The maximum absolute atomic E-state index is 13.1. The van der Waals surface area contributed by atoms with Gasteiger partial charge in [-0.1, -0.05) is 24.3 Å². The fourth-order valence-electron chi connectivity index (χ4n) is 5.30. The average Bonchev–Trinajstić information content (AvgIpc) is 2.80. The molecule has 0 amide bonds. The molecule has 1 fully saturated rings. The molecule has 1 aromatic heterocycles. The van der Waals surface area contributed by atoms with Crippen LogP contribution in [0.15, 0.2) is 59.5 Å². The van der Waals surface area contributed by atoms with Crippen molar-refractivity contribution in [3.8, 4) is 0 Å². The Kier molecular flexibility index (Phi) is 6.23. The molecule has 0 radical (unpaired) electrons. The summed E-state index contributed by atoms with van der Waals surface area (Å²) in [5, 5.41) is 12.4. The van der Waals surface area contributed by atoms with Crippen LogP contribution in [-0.2, 0) is 24.2 Å². The summed E-state index contributed by atoms with van der Waals surface area (Å²) in [7, 11) is 0. The quantitative estimate of drug-likeness (QED) is 0.652. The third-order valence-electron chi connectivity index (χ3n) is 6.83. The van der Waals surface area contributed by atoms with Gasteiger partial charge in [0.2, 0.25) is 0 Å². The summed E-state index contributed by atoms with van der Waals surface area (Å²) >= 11 is 0. The predicted octanol–water partition coefficient (Wildman–Crippen LogP) is 3.03. The molecule has 0 bridgehead atoms. The number of anilines is 1. The van der Waals surface area contributed by atoms with Gasteiger partial charge in [0.15, 0.2) is 0 Å². The molecule has 2 aliphatic rings. The van der Waals surface area contributed by atoms with Crippen LogP contribution in [0.25, 0.3) is 10.8 Å². The summed E-state index contributed by atoms with van der Waals surface area (Å²) in [6.07, 6.45) is 2.59. The minimum atomic E-state index is -0.596. The van der Waals surface area contributed by atoms with E-state index < -0.39 is 6.10 Å². The van der Waals surface area contributed by atoms with Crippen molar-refractivity contribution in [2.45, 2.75) is 51.7 Å². The van der Waals surface area contributed by atoms with Gasteiger partial charge < -0.3 is 19.3 Å². The van der Waals surface area contributed by atoms with E-state index in [1.807, 2.05) is 24.4 Å². The third kappa shape index (κ3) is 4.83. The zero-order chi connectivity index (χ0) is 22.9. The Labute approximate surface area is 195 Å². The van der Waals surface area contributed by atoms with Crippen LogP contribution in [0.2, 0.25) is 0 Å². The maximum atomic E-state index is 13.1. The van der Waals surface area contributed by atoms with Crippen LogP contribution in [0.1, 0.15) is 25.0 Å². The van der Waals surface area contributed by atoms with Crippen molar-refractivity contribution < 1.29 is 9.84 Å². The number of ether oxygens (including phenoxy) is 1. The second-order valence-electron chi connectivity index (χ2n) is 9.61. The van der Waals surface area contributed by atoms with Crippen LogP contribution < -0.4 is 10.5 Å². The topological polar surface area (TPSA) is 57.9 Å². The molecule has 3 aromatic rings. The molecule has 6 nitrogen and oxygen atoms in total. The lowest BCUT2D eigenvalue weighted by Crippen LogP contribution is -2.45. The number of rotatable bonds is 5. The summed E-state index contributed by atoms with van der Waals surface area (Å²) in [6.45, 7) is 8.52. The van der Waals surface area contributed by atoms with Gasteiger partial charge in [-0.3, -0.25) is 9.69 Å². The summed E-state index contributed by atoms with van der Waals surface area (Å²) in [5.41, 5.74) is 3.80. The number of aliphatic hydroxyl groups is 1. The number of benzene rings is 2. The van der Waals surface area contributed by atoms with Crippen LogP contribution in [0.3, 0.4) is 0 Å². The number of morpholine rings is 1. The van der Waals surface area contributed by atoms with E-state index in [0.717, 1.165) is 43.7 Å². The molecule has 0 unspecified atom stereocenters. The van der Waals surface area contributed by atoms with Crippen molar-refractivity contribution in [2.24, 2.45) is 0 Å². The number of hydrogen-bond donors (Lipinski definition) is 1. The largest absolute Gasteiger partial charge is 0.390 e. The van der Waals surface area contributed by atoms with Crippen molar-refractivity contribution in [1.29, 1.82) is 0 Å². The molecule has 6 heteroatoms. The number of nitrogens with zero attached hydrogens (tertiary/aromatic N) is 3. The number of fused-ring (bicyclic) bond motifs is 2. The molecule has 5 rings (SSSR count). The summed E-state index contributed by atoms with van der Waals surface area (Å²) < 4.78 is 7.49. The van der Waals surface area contributed by atoms with Crippen molar-refractivity contribution >= 4 is 16.5 Å². The van der Waals surface area contributed by atoms with Crippen molar-refractivity contribution in [2.75, 3.05) is 31.1 Å². The van der Waals surface area contributed by atoms with Crippen molar-refractivity contribution in [1.82, 2.24) is 9.47 Å². The first-order valence-corrected chi connectivity index (χ1v) is 12.0. The molecule has 0 aliphatic carbocycles. The Morgan fingerprint density at radius 3 is 2.58 bits per heavy atom. The Morgan fingerprint density at radius 2 is 1.79 bits per heavy atom. The minimum absolute atomic E-state index is 0.0502. The van der Waals surface area contributed by atoms with Crippen LogP contribution >= 0.6 is 0 Å². The molecule has 2 aliphatic heterocycles. The van der Waals surface area contributed by atoms with Gasteiger partial charge >= 0.3 is 0 Å². The SMILES string of the molecule is C[C@@H]1CN(c2ccc3c(=O)n(C[C@H](O)CN4CCc5ccccc5C4)ccc3c2)C[C@H](C)O1. The van der Waals surface area contributed by atoms with Crippen LogP contribution in [0.5, 0.6) is 0 Å². The van der Waals surface area contributed by atoms with Gasteiger partial charge in [0.1, 0.15) is 0 Å². The lowest BCUT2D eigenvalue weighted by atomic mass is 10.00. The van der Waals surface area contributed by atoms with Crippen molar-refractivity contribution in [3.05, 3.63) is 76.2 Å². The molecular weight excluding hydrogens is 414 g/mol. The Balaban J connectivity index is 1.28. The van der Waals surface area contributed by atoms with Gasteiger partial charge in [-0.25, -0.2) is 0 Å². The predicted molar refractivity (Wildman–Crippen MR) is 132 cm³/mol. The monoisotopic (exact) mass is 447 g/mol. The highest BCUT2D eigenvalue weighted by molar-refractivity contribution is 5.85. The molecule has 0 spiro atoms. The first-order chi connectivity index (χ1) is 16.0. The number of hydrogen-bond acceptors (Lipinski definition) is 5. The first kappa shape index (κ1) is 22.1. The van der Waals surface area contributed by atoms with E-state index in [4.69, 9.17) is 4.74 Å². The van der Waals surface area contributed by atoms with Gasteiger partial charge in [0, 0.05) is 50.0 Å². The van der Waals surface area contributed by atoms with E-state index in [1.54, 1.807) is 4.57 Å². The molecule has 3 atom stereocenters. The van der Waals surface area contributed by atoms with Gasteiger partial charge in [-0.15, -0.1) is 0 Å². The standard InChI is InChI=1S/C27H33N3O3/c1-19-14-30(15-20(2)33-19)24-7-8-26-22(13-24)10-12-29(27(26)32)18-25(31)17-28-11-9-21-5-3-4-6-23(21)16-28/h3-8,10,12-13,19-20,25,31H,9,11,14-18H2,1-2H3/t19-,20+,25-/m1/s1. The first-order valence-electron chi connectivity index (χ1n) is 12.0. The Bertz CT molecular complexity index is 1180. The van der Waals surface area contributed by atoms with Crippen molar-refractivity contribution in [3.63, 3.8) is 0 Å². The highest BCUT2D eigenvalue weighted by Crippen LogP contribution is 2.24. The fraction of sp³-hybridized carbons (Fsp3) is 0.444. The zero-order valence-corrected chi connectivity index (χ0v) is 19.5. The van der Waals surface area contributed by atoms with Crippen LogP contribution in [0.4, 0.5) is 5.69 Å². The molecule has 1 saturated heterocycles. The van der Waals surface area contributed by atoms with E-state index in [9.17, 15) is 9.90 Å². The minimum Gasteiger partial charge on any atom is -0.390 e. The number of pyridine rings is 1. The highest BCUT2D eigenvalue weighted by atomic mass is 16.5. The molecular formula is C27H33N3O3. The molecule has 2 aromatic carbocycles. The smallest absolute Gasteiger partial charge is 0.258 e. The summed E-state index contributed by atoms with van der Waals surface area (Å²) in [5.74, 6) is 0. The highest BCUT2D eigenvalue weighted by Gasteiger charge is 2.23. The van der Waals surface area contributed by atoms with E-state index in [-0.39, 0.29) is 17.8 Å². The fourth-order valence-corrected chi connectivity index (χ4v) is 5.30. The lowest BCUT2D eigenvalue weighted by molar-refractivity contribution is -0.00521. The third-order valence-corrected chi connectivity index (χ3v) is 6.83. The second-order valence-corrected chi connectivity index (χ2v) is 9.61. The Morgan fingerprint density at radius 1 is 1.03 bits per heavy atom. The molecule has 1 N–H and O–H groups in total. The van der Waals surface area contributed by atoms with E-state index in [1.165, 1.54) is 11.1 Å². The number of β-amino-alcohol motifs (C(OH)–C–C–N with tert-alkyl or cyclic N) is 1. The molecule has 174 valence electrons. The zero-order valence-electron chi connectivity index (χ0n) is 19.5.